The summed E-state index contributed by atoms with van der Waals surface area (Å²) >= 11 is 0. The molecule has 2 aromatic rings. The van der Waals surface area contributed by atoms with Gasteiger partial charge in [0.2, 0.25) is 0 Å². The molecule has 0 aromatic heterocycles. The second-order valence-electron chi connectivity index (χ2n) is 4.12. The normalized spacial score (nSPS) is 11.9. The third-order valence-electron chi connectivity index (χ3n) is 2.73. The van der Waals surface area contributed by atoms with Crippen molar-refractivity contribution in [2.24, 2.45) is 0 Å². The Labute approximate surface area is 107 Å². The van der Waals surface area contributed by atoms with Crippen molar-refractivity contribution in [2.75, 3.05) is 0 Å². The van der Waals surface area contributed by atoms with Crippen molar-refractivity contribution in [3.05, 3.63) is 60.2 Å². The van der Waals surface area contributed by atoms with Crippen molar-refractivity contribution in [3.8, 4) is 5.75 Å². The number of benzene rings is 2. The van der Waals surface area contributed by atoms with Gasteiger partial charge < -0.3 is 14.8 Å². The Morgan fingerprint density at radius 1 is 1.00 bits per heavy atom. The van der Waals surface area contributed by atoms with E-state index >= 15 is 0 Å². The van der Waals surface area contributed by atoms with Gasteiger partial charge in [-0.3, -0.25) is 0 Å². The molecule has 1 atom stereocenters. The summed E-state index contributed by atoms with van der Waals surface area (Å²) in [6.45, 7) is 1.93. The molecule has 2 N–H and O–H groups in total. The van der Waals surface area contributed by atoms with Gasteiger partial charge >= 0.3 is 7.12 Å². The second kappa shape index (κ2) is 5.71. The van der Waals surface area contributed by atoms with Gasteiger partial charge in [-0.2, -0.15) is 0 Å². The van der Waals surface area contributed by atoms with Gasteiger partial charge in [0, 0.05) is 0 Å². The summed E-state index contributed by atoms with van der Waals surface area (Å²) in [5.41, 5.74) is 1.38. The molecule has 0 fully saturated rings. The molecule has 0 saturated carbocycles. The molecule has 18 heavy (non-hydrogen) atoms. The van der Waals surface area contributed by atoms with E-state index in [-0.39, 0.29) is 6.10 Å². The topological polar surface area (TPSA) is 49.7 Å². The van der Waals surface area contributed by atoms with Crippen molar-refractivity contribution in [3.63, 3.8) is 0 Å². The van der Waals surface area contributed by atoms with Crippen LogP contribution >= 0.6 is 0 Å². The highest BCUT2D eigenvalue weighted by molar-refractivity contribution is 6.58. The SMILES string of the molecule is CC(Oc1ccccc1)c1cccc(B(O)O)c1. The van der Waals surface area contributed by atoms with E-state index in [4.69, 9.17) is 14.8 Å². The summed E-state index contributed by atoms with van der Waals surface area (Å²) in [6, 6.07) is 16.6. The summed E-state index contributed by atoms with van der Waals surface area (Å²) in [6.07, 6.45) is -0.147. The van der Waals surface area contributed by atoms with Crippen molar-refractivity contribution < 1.29 is 14.8 Å². The molecular formula is C14H15BO3. The van der Waals surface area contributed by atoms with E-state index in [0.29, 0.717) is 5.46 Å². The zero-order valence-electron chi connectivity index (χ0n) is 10.2. The van der Waals surface area contributed by atoms with E-state index in [1.54, 1.807) is 18.2 Å². The molecule has 0 aliphatic heterocycles. The third kappa shape index (κ3) is 3.12. The number of ether oxygens (including phenoxy) is 1. The average molecular weight is 242 g/mol. The fourth-order valence-corrected chi connectivity index (χ4v) is 1.74. The first-order chi connectivity index (χ1) is 8.66. The number of para-hydroxylation sites is 1. The first-order valence-electron chi connectivity index (χ1n) is 5.84. The molecule has 0 aliphatic carbocycles. The lowest BCUT2D eigenvalue weighted by Crippen LogP contribution is -2.30. The minimum absolute atomic E-state index is 0.147. The molecule has 2 aromatic carbocycles. The van der Waals surface area contributed by atoms with Crippen molar-refractivity contribution in [1.82, 2.24) is 0 Å². The summed E-state index contributed by atoms with van der Waals surface area (Å²) in [5, 5.41) is 18.3. The fourth-order valence-electron chi connectivity index (χ4n) is 1.74. The number of hydrogen-bond acceptors (Lipinski definition) is 3. The Morgan fingerprint density at radius 2 is 1.72 bits per heavy atom. The van der Waals surface area contributed by atoms with Crippen LogP contribution in [-0.2, 0) is 0 Å². The smallest absolute Gasteiger partial charge is 0.486 e. The second-order valence-corrected chi connectivity index (χ2v) is 4.12. The van der Waals surface area contributed by atoms with Crippen LogP contribution in [0.2, 0.25) is 0 Å². The van der Waals surface area contributed by atoms with Gasteiger partial charge in [0.05, 0.1) is 0 Å². The largest absolute Gasteiger partial charge is 0.488 e. The highest BCUT2D eigenvalue weighted by Crippen LogP contribution is 2.20. The molecule has 2 rings (SSSR count). The van der Waals surface area contributed by atoms with Crippen LogP contribution in [0, 0.1) is 0 Å². The Balaban J connectivity index is 2.14. The minimum Gasteiger partial charge on any atom is -0.486 e. The molecule has 0 saturated heterocycles. The monoisotopic (exact) mass is 242 g/mol. The molecular weight excluding hydrogens is 227 g/mol. The van der Waals surface area contributed by atoms with E-state index in [9.17, 15) is 0 Å². The van der Waals surface area contributed by atoms with Crippen LogP contribution in [0.15, 0.2) is 54.6 Å². The molecule has 92 valence electrons. The lowest BCUT2D eigenvalue weighted by molar-refractivity contribution is 0.227. The van der Waals surface area contributed by atoms with Crippen molar-refractivity contribution >= 4 is 12.6 Å². The Morgan fingerprint density at radius 3 is 2.39 bits per heavy atom. The van der Waals surface area contributed by atoms with Crippen LogP contribution < -0.4 is 10.2 Å². The maximum Gasteiger partial charge on any atom is 0.488 e. The van der Waals surface area contributed by atoms with Gasteiger partial charge in [-0.05, 0) is 30.1 Å². The highest BCUT2D eigenvalue weighted by atomic mass is 16.5. The van der Waals surface area contributed by atoms with Crippen LogP contribution in [0.3, 0.4) is 0 Å². The van der Waals surface area contributed by atoms with Crippen LogP contribution in [0.5, 0.6) is 5.75 Å². The highest BCUT2D eigenvalue weighted by Gasteiger charge is 2.13. The average Bonchev–Trinajstić information content (AvgIpc) is 2.40. The van der Waals surface area contributed by atoms with E-state index in [1.165, 1.54) is 0 Å². The molecule has 0 radical (unpaired) electrons. The molecule has 0 heterocycles. The lowest BCUT2D eigenvalue weighted by atomic mass is 9.79. The van der Waals surface area contributed by atoms with Crippen LogP contribution in [0.4, 0.5) is 0 Å². The molecule has 3 nitrogen and oxygen atoms in total. The number of hydrogen-bond donors (Lipinski definition) is 2. The van der Waals surface area contributed by atoms with E-state index in [0.717, 1.165) is 11.3 Å². The van der Waals surface area contributed by atoms with Gasteiger partial charge in [0.25, 0.3) is 0 Å². The molecule has 0 spiro atoms. The van der Waals surface area contributed by atoms with Gasteiger partial charge in [-0.1, -0.05) is 42.5 Å². The standard InChI is InChI=1S/C14H15BO3/c1-11(18-14-8-3-2-4-9-14)12-6-5-7-13(10-12)15(16)17/h2-11,16-17H,1H3. The molecule has 4 heteroatoms. The van der Waals surface area contributed by atoms with E-state index in [2.05, 4.69) is 0 Å². The maximum absolute atomic E-state index is 9.13. The quantitative estimate of drug-likeness (QED) is 0.799. The minimum atomic E-state index is -1.45. The van der Waals surface area contributed by atoms with Gasteiger partial charge in [-0.15, -0.1) is 0 Å². The first-order valence-corrected chi connectivity index (χ1v) is 5.84. The Bertz CT molecular complexity index is 499. The van der Waals surface area contributed by atoms with Gasteiger partial charge in [0.15, 0.2) is 0 Å². The third-order valence-corrected chi connectivity index (χ3v) is 2.73. The zero-order valence-corrected chi connectivity index (χ0v) is 10.2. The summed E-state index contributed by atoms with van der Waals surface area (Å²) in [7, 11) is -1.45. The van der Waals surface area contributed by atoms with Crippen LogP contribution in [0.1, 0.15) is 18.6 Å². The summed E-state index contributed by atoms with van der Waals surface area (Å²) < 4.78 is 5.77. The lowest BCUT2D eigenvalue weighted by Gasteiger charge is -2.15. The first kappa shape index (κ1) is 12.7. The number of rotatable bonds is 4. The summed E-state index contributed by atoms with van der Waals surface area (Å²) in [5.74, 6) is 0.792. The summed E-state index contributed by atoms with van der Waals surface area (Å²) in [4.78, 5) is 0. The predicted octanol–water partition coefficient (Wildman–Crippen LogP) is 1.51. The predicted molar refractivity (Wildman–Crippen MR) is 71.8 cm³/mol. The van der Waals surface area contributed by atoms with E-state index in [1.807, 2.05) is 43.3 Å². The van der Waals surface area contributed by atoms with Crippen LogP contribution in [0.25, 0.3) is 0 Å². The van der Waals surface area contributed by atoms with Gasteiger partial charge in [-0.25, -0.2) is 0 Å². The fraction of sp³-hybridized carbons (Fsp3) is 0.143. The Kier molecular flexibility index (Phi) is 4.02. The maximum atomic E-state index is 9.13. The van der Waals surface area contributed by atoms with E-state index < -0.39 is 7.12 Å². The Hall–Kier alpha value is -1.78. The molecule has 0 bridgehead atoms. The van der Waals surface area contributed by atoms with Crippen molar-refractivity contribution in [1.29, 1.82) is 0 Å². The zero-order chi connectivity index (χ0) is 13.0. The molecule has 1 unspecified atom stereocenters. The molecule has 0 amide bonds. The van der Waals surface area contributed by atoms with Crippen LogP contribution in [-0.4, -0.2) is 17.2 Å². The van der Waals surface area contributed by atoms with Gasteiger partial charge in [0.1, 0.15) is 11.9 Å². The van der Waals surface area contributed by atoms with Crippen molar-refractivity contribution in [2.45, 2.75) is 13.0 Å². The molecule has 0 aliphatic rings.